The zero-order chi connectivity index (χ0) is 23.5. The smallest absolute Gasteiger partial charge is 0.243 e. The van der Waals surface area contributed by atoms with Crippen molar-refractivity contribution in [2.45, 2.75) is 69.5 Å². The van der Waals surface area contributed by atoms with Crippen LogP contribution in [0.2, 0.25) is 17.1 Å². The number of nitrogens with zero attached hydrogens (tertiary/aromatic N) is 1. The number of unbranched alkanes of at least 4 members (excludes halogenated alkanes) is 1. The number of hydrogen-bond acceptors (Lipinski definition) is 5. The number of benzene rings is 1. The Balaban J connectivity index is 3.03. The molecule has 0 unspecified atom stereocenters. The van der Waals surface area contributed by atoms with Crippen molar-refractivity contribution in [1.82, 2.24) is 4.31 Å². The second kappa shape index (κ2) is 13.3. The van der Waals surface area contributed by atoms with E-state index in [1.165, 1.54) is 10.6 Å². The van der Waals surface area contributed by atoms with Gasteiger partial charge in [-0.3, -0.25) is 0 Å². The maximum Gasteiger partial charge on any atom is 0.243 e. The van der Waals surface area contributed by atoms with Crippen molar-refractivity contribution in [1.29, 1.82) is 0 Å². The summed E-state index contributed by atoms with van der Waals surface area (Å²) >= 11 is 0. The third-order valence-corrected chi connectivity index (χ3v) is 13.6. The molecule has 1 rings (SSSR count). The first-order chi connectivity index (χ1) is 14.7. The second-order valence-corrected chi connectivity index (χ2v) is 15.3. The molecule has 0 amide bonds. The number of rotatable bonds is 16. The molecule has 0 aromatic heterocycles. The van der Waals surface area contributed by atoms with E-state index in [4.69, 9.17) is 13.9 Å². The molecule has 0 saturated heterocycles. The monoisotopic (exact) mass is 471 g/mol. The maximum absolute atomic E-state index is 13.3. The minimum atomic E-state index is -3.68. The van der Waals surface area contributed by atoms with E-state index in [-0.39, 0.29) is 24.6 Å². The van der Waals surface area contributed by atoms with Gasteiger partial charge in [0.05, 0.1) is 18.3 Å². The van der Waals surface area contributed by atoms with Crippen molar-refractivity contribution in [3.63, 3.8) is 0 Å². The molecule has 0 atom stereocenters. The van der Waals surface area contributed by atoms with Crippen LogP contribution in [0, 0.1) is 0 Å². The summed E-state index contributed by atoms with van der Waals surface area (Å²) in [5, 5.41) is 0. The Morgan fingerprint density at radius 3 is 2.13 bits per heavy atom. The first-order valence-electron chi connectivity index (χ1n) is 11.2. The molecule has 6 nitrogen and oxygen atoms in total. The van der Waals surface area contributed by atoms with Crippen LogP contribution in [0.15, 0.2) is 42.0 Å². The topological polar surface area (TPSA) is 65.1 Å². The van der Waals surface area contributed by atoms with Gasteiger partial charge in [0.15, 0.2) is 8.32 Å². The average molecular weight is 472 g/mol. The van der Waals surface area contributed by atoms with Gasteiger partial charge in [-0.1, -0.05) is 54.0 Å². The SMILES string of the molecule is C=COCCN(CCO[Si](CCCC)(C(C)C)C(C)C)S(=O)(=O)c1ccc(OC)cc1. The second-order valence-electron chi connectivity index (χ2n) is 8.33. The van der Waals surface area contributed by atoms with E-state index in [2.05, 4.69) is 41.2 Å². The summed E-state index contributed by atoms with van der Waals surface area (Å²) in [4.78, 5) is 0.231. The van der Waals surface area contributed by atoms with Crippen LogP contribution in [0.1, 0.15) is 47.5 Å². The van der Waals surface area contributed by atoms with Gasteiger partial charge in [0, 0.05) is 19.7 Å². The van der Waals surface area contributed by atoms with Crippen LogP contribution in [-0.2, 0) is 19.2 Å². The summed E-state index contributed by atoms with van der Waals surface area (Å²) in [6, 6.07) is 7.55. The molecule has 0 saturated carbocycles. The molecule has 0 fully saturated rings. The van der Waals surface area contributed by atoms with E-state index >= 15 is 0 Å². The van der Waals surface area contributed by atoms with Gasteiger partial charge in [-0.25, -0.2) is 8.42 Å². The highest BCUT2D eigenvalue weighted by atomic mass is 32.2. The van der Waals surface area contributed by atoms with E-state index in [0.717, 1.165) is 18.9 Å². The molecule has 0 aliphatic heterocycles. The van der Waals surface area contributed by atoms with Gasteiger partial charge in [0.25, 0.3) is 0 Å². The normalized spacial score (nSPS) is 12.5. The molecule has 0 spiro atoms. The van der Waals surface area contributed by atoms with Crippen molar-refractivity contribution >= 4 is 18.3 Å². The Hall–Kier alpha value is -1.35. The lowest BCUT2D eigenvalue weighted by Crippen LogP contribution is -2.47. The molecule has 8 heteroatoms. The number of ether oxygens (including phenoxy) is 2. The van der Waals surface area contributed by atoms with Gasteiger partial charge in [-0.2, -0.15) is 4.31 Å². The molecule has 0 aliphatic rings. The Kier molecular flexibility index (Phi) is 11.8. The van der Waals surface area contributed by atoms with Crippen LogP contribution in [0.5, 0.6) is 5.75 Å². The van der Waals surface area contributed by atoms with Gasteiger partial charge in [0.1, 0.15) is 12.4 Å². The molecule has 0 radical (unpaired) electrons. The predicted octanol–water partition coefficient (Wildman–Crippen LogP) is 5.43. The molecule has 0 aliphatic carbocycles. The van der Waals surface area contributed by atoms with Gasteiger partial charge >= 0.3 is 0 Å². The standard InChI is InChI=1S/C23H41NO5SSi/c1-8-10-19-31(20(3)4,21(5)6)29-18-16-24(15-17-28-9-2)30(25,26)23-13-11-22(27-7)12-14-23/h9,11-14,20-21H,2,8,10,15-19H2,1,3-7H3. The summed E-state index contributed by atoms with van der Waals surface area (Å²) in [6.45, 7) is 15.8. The van der Waals surface area contributed by atoms with Crippen LogP contribution in [-0.4, -0.2) is 54.5 Å². The molecule has 0 heterocycles. The van der Waals surface area contributed by atoms with Crippen LogP contribution in [0.4, 0.5) is 0 Å². The molecular weight excluding hydrogens is 430 g/mol. The summed E-state index contributed by atoms with van der Waals surface area (Å²) in [6.07, 6.45) is 3.60. The highest BCUT2D eigenvalue weighted by molar-refractivity contribution is 7.89. The van der Waals surface area contributed by atoms with E-state index in [1.54, 1.807) is 31.4 Å². The molecular formula is C23H41NO5SSi. The fraction of sp³-hybridized carbons (Fsp3) is 0.652. The van der Waals surface area contributed by atoms with Gasteiger partial charge in [0.2, 0.25) is 10.0 Å². The summed E-state index contributed by atoms with van der Waals surface area (Å²) in [5.74, 6) is 0.615. The lowest BCUT2D eigenvalue weighted by atomic mass is 10.3. The van der Waals surface area contributed by atoms with Gasteiger partial charge in [-0.15, -0.1) is 0 Å². The predicted molar refractivity (Wildman–Crippen MR) is 130 cm³/mol. The van der Waals surface area contributed by atoms with E-state index in [9.17, 15) is 8.42 Å². The third kappa shape index (κ3) is 7.63. The van der Waals surface area contributed by atoms with Gasteiger partial charge in [-0.05, 0) is 41.4 Å². The minimum absolute atomic E-state index is 0.231. The number of hydrogen-bond donors (Lipinski definition) is 0. The van der Waals surface area contributed by atoms with Crippen LogP contribution in [0.25, 0.3) is 0 Å². The fourth-order valence-electron chi connectivity index (χ4n) is 3.93. The summed E-state index contributed by atoms with van der Waals surface area (Å²) in [5.41, 5.74) is 0.935. The average Bonchev–Trinajstić information content (AvgIpc) is 2.74. The fourth-order valence-corrected chi connectivity index (χ4v) is 10.0. The van der Waals surface area contributed by atoms with Crippen molar-refractivity contribution in [2.75, 3.05) is 33.4 Å². The summed E-state index contributed by atoms with van der Waals surface area (Å²) in [7, 11) is -4.14. The van der Waals surface area contributed by atoms with E-state index < -0.39 is 18.3 Å². The lowest BCUT2D eigenvalue weighted by Gasteiger charge is -2.39. The lowest BCUT2D eigenvalue weighted by molar-refractivity contribution is 0.200. The molecule has 1 aromatic carbocycles. The highest BCUT2D eigenvalue weighted by Crippen LogP contribution is 2.38. The number of methoxy groups -OCH3 is 1. The largest absolute Gasteiger partial charge is 0.500 e. The molecule has 0 N–H and O–H groups in total. The maximum atomic E-state index is 13.3. The Bertz CT molecular complexity index is 742. The zero-order valence-corrected chi connectivity index (χ0v) is 21.9. The highest BCUT2D eigenvalue weighted by Gasteiger charge is 2.41. The molecule has 178 valence electrons. The van der Waals surface area contributed by atoms with Crippen molar-refractivity contribution in [3.05, 3.63) is 37.1 Å². The number of sulfonamides is 1. The van der Waals surface area contributed by atoms with E-state index in [1.807, 2.05) is 0 Å². The van der Waals surface area contributed by atoms with Crippen molar-refractivity contribution in [2.24, 2.45) is 0 Å². The minimum Gasteiger partial charge on any atom is -0.500 e. The van der Waals surface area contributed by atoms with Crippen molar-refractivity contribution in [3.8, 4) is 5.75 Å². The first-order valence-corrected chi connectivity index (χ1v) is 14.9. The molecule has 31 heavy (non-hydrogen) atoms. The Morgan fingerprint density at radius 2 is 1.65 bits per heavy atom. The van der Waals surface area contributed by atoms with E-state index in [0.29, 0.717) is 23.4 Å². The van der Waals surface area contributed by atoms with Crippen molar-refractivity contribution < 1.29 is 22.3 Å². The van der Waals surface area contributed by atoms with Crippen LogP contribution < -0.4 is 4.74 Å². The quantitative estimate of drug-likeness (QED) is 0.183. The summed E-state index contributed by atoms with van der Waals surface area (Å²) < 4.78 is 45.0. The zero-order valence-electron chi connectivity index (χ0n) is 20.1. The van der Waals surface area contributed by atoms with Crippen LogP contribution in [0.3, 0.4) is 0 Å². The van der Waals surface area contributed by atoms with Gasteiger partial charge < -0.3 is 13.9 Å². The van der Waals surface area contributed by atoms with Crippen LogP contribution >= 0.6 is 0 Å². The Labute approximate surface area is 190 Å². The first kappa shape index (κ1) is 27.7. The third-order valence-electron chi connectivity index (χ3n) is 5.86. The molecule has 0 bridgehead atoms. The Morgan fingerprint density at radius 1 is 1.06 bits per heavy atom. The molecule has 1 aromatic rings.